The number of nitrogens with zero attached hydrogens (tertiary/aromatic N) is 4. The van der Waals surface area contributed by atoms with E-state index in [1.165, 1.54) is 24.1 Å². The number of rotatable bonds is 5. The van der Waals surface area contributed by atoms with Crippen molar-refractivity contribution in [1.29, 1.82) is 0 Å². The van der Waals surface area contributed by atoms with Crippen LogP contribution in [0.3, 0.4) is 0 Å². The molecule has 0 aliphatic rings. The normalized spacial score (nSPS) is 15.4. The van der Waals surface area contributed by atoms with E-state index >= 15 is 0 Å². The summed E-state index contributed by atoms with van der Waals surface area (Å²) in [6.45, 7) is 1.47. The van der Waals surface area contributed by atoms with Crippen LogP contribution in [0.1, 0.15) is 13.2 Å². The van der Waals surface area contributed by atoms with Crippen LogP contribution in [-0.2, 0) is 9.30 Å². The second-order valence-corrected chi connectivity index (χ2v) is 5.75. The van der Waals surface area contributed by atoms with E-state index in [9.17, 15) is 9.67 Å². The summed E-state index contributed by atoms with van der Waals surface area (Å²) in [5, 5.41) is 10.1. The van der Waals surface area contributed by atoms with Gasteiger partial charge in [0.1, 0.15) is 24.3 Å². The van der Waals surface area contributed by atoms with Crippen molar-refractivity contribution in [2.45, 2.75) is 19.3 Å². The third-order valence-electron chi connectivity index (χ3n) is 2.60. The number of anilines is 1. The summed E-state index contributed by atoms with van der Waals surface area (Å²) < 4.78 is 17.0. The quantitative estimate of drug-likeness (QED) is 0.531. The molecule has 0 saturated carbocycles. The van der Waals surface area contributed by atoms with Crippen LogP contribution in [0.25, 0.3) is 11.2 Å². The van der Waals surface area contributed by atoms with E-state index in [0.717, 1.165) is 0 Å². The largest absolute Gasteiger partial charge is 0.382 e. The van der Waals surface area contributed by atoms with Gasteiger partial charge < -0.3 is 25.4 Å². The highest BCUT2D eigenvalue weighted by atomic mass is 31.2. The lowest BCUT2D eigenvalue weighted by Gasteiger charge is -2.20. The molecule has 0 spiro atoms. The molecule has 2 aromatic heterocycles. The van der Waals surface area contributed by atoms with Crippen LogP contribution in [0.2, 0.25) is 0 Å². The van der Waals surface area contributed by atoms with Gasteiger partial charge in [-0.25, -0.2) is 15.0 Å². The lowest BCUT2D eigenvalue weighted by molar-refractivity contribution is -0.0499. The van der Waals surface area contributed by atoms with Crippen LogP contribution in [0.5, 0.6) is 0 Å². The Morgan fingerprint density at radius 3 is 2.80 bits per heavy atom. The molecule has 0 fully saturated rings. The van der Waals surface area contributed by atoms with E-state index in [4.69, 9.17) is 20.3 Å². The Morgan fingerprint density at radius 1 is 1.45 bits per heavy atom. The van der Waals surface area contributed by atoms with Gasteiger partial charge in [0.05, 0.1) is 6.33 Å². The van der Waals surface area contributed by atoms with Gasteiger partial charge in [-0.05, 0) is 6.92 Å². The van der Waals surface area contributed by atoms with Crippen molar-refractivity contribution in [3.8, 4) is 0 Å². The molecule has 10 nitrogen and oxygen atoms in total. The number of imidazole rings is 1. The molecule has 110 valence electrons. The average Bonchev–Trinajstić information content (AvgIpc) is 2.79. The molecule has 2 unspecified atom stereocenters. The van der Waals surface area contributed by atoms with Crippen LogP contribution in [-0.4, -0.2) is 46.9 Å². The molecule has 0 bridgehead atoms. The SMILES string of the molecule is CC(OCP(=O)(O)O)C(O)n1cnc2c(N)ncnc21. The van der Waals surface area contributed by atoms with Crippen LogP contribution >= 0.6 is 7.60 Å². The number of ether oxygens (including phenoxy) is 1. The van der Waals surface area contributed by atoms with E-state index in [2.05, 4.69) is 15.0 Å². The van der Waals surface area contributed by atoms with Crippen molar-refractivity contribution in [2.24, 2.45) is 0 Å². The van der Waals surface area contributed by atoms with Crippen LogP contribution in [0.4, 0.5) is 5.82 Å². The van der Waals surface area contributed by atoms with Gasteiger partial charge in [0.15, 0.2) is 17.7 Å². The Hall–Kier alpha value is -1.58. The first-order valence-electron chi connectivity index (χ1n) is 5.57. The zero-order chi connectivity index (χ0) is 14.9. The summed E-state index contributed by atoms with van der Waals surface area (Å²) in [4.78, 5) is 29.2. The molecule has 2 atom stereocenters. The van der Waals surface area contributed by atoms with Gasteiger partial charge in [-0.1, -0.05) is 0 Å². The molecule has 2 aromatic rings. The van der Waals surface area contributed by atoms with Crippen molar-refractivity contribution in [3.05, 3.63) is 12.7 Å². The molecule has 0 aliphatic carbocycles. The van der Waals surface area contributed by atoms with E-state index in [-0.39, 0.29) is 5.82 Å². The van der Waals surface area contributed by atoms with Gasteiger partial charge in [-0.15, -0.1) is 0 Å². The average molecular weight is 303 g/mol. The second-order valence-electron chi connectivity index (χ2n) is 4.16. The highest BCUT2D eigenvalue weighted by molar-refractivity contribution is 7.51. The van der Waals surface area contributed by atoms with Crippen LogP contribution in [0, 0.1) is 0 Å². The molecular formula is C9H14N5O5P. The topological polar surface area (TPSA) is 157 Å². The first-order chi connectivity index (χ1) is 9.29. The minimum atomic E-state index is -4.30. The monoisotopic (exact) mass is 303 g/mol. The minimum absolute atomic E-state index is 0.171. The standard InChI is InChI=1S/C9H14N5O5P/c1-5(19-4-20(16,17)18)9(15)14-3-13-6-7(10)11-2-12-8(6)14/h2-3,5,9,15H,4H2,1H3,(H2,10,11,12)(H2,16,17,18). The second kappa shape index (κ2) is 5.43. The molecule has 2 rings (SSSR count). The summed E-state index contributed by atoms with van der Waals surface area (Å²) in [6.07, 6.45) is -0.353. The van der Waals surface area contributed by atoms with Crippen molar-refractivity contribution in [1.82, 2.24) is 19.5 Å². The molecule has 20 heavy (non-hydrogen) atoms. The van der Waals surface area contributed by atoms with Gasteiger partial charge in [0.2, 0.25) is 0 Å². The molecule has 0 amide bonds. The molecule has 0 radical (unpaired) electrons. The highest BCUT2D eigenvalue weighted by Crippen LogP contribution is 2.35. The van der Waals surface area contributed by atoms with Crippen molar-refractivity contribution < 1.29 is 24.2 Å². The fourth-order valence-electron chi connectivity index (χ4n) is 1.59. The summed E-state index contributed by atoms with van der Waals surface area (Å²) in [6, 6.07) is 0. The van der Waals surface area contributed by atoms with Crippen molar-refractivity contribution in [3.63, 3.8) is 0 Å². The van der Waals surface area contributed by atoms with Crippen LogP contribution in [0.15, 0.2) is 12.7 Å². The molecule has 2 heterocycles. The lowest BCUT2D eigenvalue weighted by atomic mass is 10.3. The maximum Gasteiger partial charge on any atom is 0.350 e. The minimum Gasteiger partial charge on any atom is -0.382 e. The molecule has 5 N–H and O–H groups in total. The highest BCUT2D eigenvalue weighted by Gasteiger charge is 2.23. The third kappa shape index (κ3) is 3.11. The maximum atomic E-state index is 10.7. The Bertz CT molecular complexity index is 655. The van der Waals surface area contributed by atoms with Crippen LogP contribution < -0.4 is 5.73 Å². The zero-order valence-corrected chi connectivity index (χ0v) is 11.4. The van der Waals surface area contributed by atoms with E-state index in [0.29, 0.717) is 11.2 Å². The van der Waals surface area contributed by atoms with Gasteiger partial charge >= 0.3 is 7.60 Å². The van der Waals surface area contributed by atoms with E-state index in [1.54, 1.807) is 0 Å². The van der Waals surface area contributed by atoms with Gasteiger partial charge in [0.25, 0.3) is 0 Å². The third-order valence-corrected chi connectivity index (χ3v) is 3.08. The Morgan fingerprint density at radius 2 is 2.15 bits per heavy atom. The maximum absolute atomic E-state index is 10.7. The Kier molecular flexibility index (Phi) is 4.02. The molecule has 0 aromatic carbocycles. The number of hydrogen-bond donors (Lipinski definition) is 4. The number of fused-ring (bicyclic) bond motifs is 1. The number of hydrogen-bond acceptors (Lipinski definition) is 7. The Balaban J connectivity index is 2.21. The first kappa shape index (κ1) is 14.8. The molecular weight excluding hydrogens is 289 g/mol. The number of nitrogen functional groups attached to an aromatic ring is 1. The fourth-order valence-corrected chi connectivity index (χ4v) is 2.02. The number of aliphatic hydroxyl groups excluding tert-OH is 1. The van der Waals surface area contributed by atoms with Gasteiger partial charge in [0, 0.05) is 0 Å². The number of aromatic nitrogens is 4. The Labute approximate surface area is 113 Å². The van der Waals surface area contributed by atoms with Gasteiger partial charge in [-0.3, -0.25) is 9.13 Å². The number of aliphatic hydroxyl groups is 1. The molecule has 11 heteroatoms. The summed E-state index contributed by atoms with van der Waals surface area (Å²) in [5.74, 6) is 0.171. The summed E-state index contributed by atoms with van der Waals surface area (Å²) in [7, 11) is -4.30. The fraction of sp³-hybridized carbons (Fsp3) is 0.444. The van der Waals surface area contributed by atoms with E-state index < -0.39 is 26.3 Å². The smallest absolute Gasteiger partial charge is 0.350 e. The zero-order valence-electron chi connectivity index (χ0n) is 10.5. The van der Waals surface area contributed by atoms with Crippen molar-refractivity contribution in [2.75, 3.05) is 12.1 Å². The predicted molar refractivity (Wildman–Crippen MR) is 68.4 cm³/mol. The van der Waals surface area contributed by atoms with Gasteiger partial charge in [-0.2, -0.15) is 0 Å². The predicted octanol–water partition coefficient (Wildman–Crippen LogP) is -0.560. The summed E-state index contributed by atoms with van der Waals surface area (Å²) in [5.41, 5.74) is 6.25. The summed E-state index contributed by atoms with van der Waals surface area (Å²) >= 11 is 0. The van der Waals surface area contributed by atoms with E-state index in [1.807, 2.05) is 0 Å². The lowest BCUT2D eigenvalue weighted by Crippen LogP contribution is -2.24. The molecule has 0 saturated heterocycles. The number of nitrogens with two attached hydrogens (primary N) is 1. The molecule has 0 aliphatic heterocycles. The first-order valence-corrected chi connectivity index (χ1v) is 7.36. The van der Waals surface area contributed by atoms with Crippen molar-refractivity contribution >= 4 is 24.6 Å².